The highest BCUT2D eigenvalue weighted by Crippen LogP contribution is 2.32. The zero-order valence-electron chi connectivity index (χ0n) is 15.9. The minimum atomic E-state index is -2.90. The molecule has 0 spiro atoms. The Morgan fingerprint density at radius 2 is 1.87 bits per heavy atom. The van der Waals surface area contributed by atoms with Gasteiger partial charge in [0.2, 0.25) is 5.95 Å². The highest BCUT2D eigenvalue weighted by molar-refractivity contribution is 7.98. The van der Waals surface area contributed by atoms with Gasteiger partial charge in [-0.15, -0.1) is 10.2 Å². The van der Waals surface area contributed by atoms with E-state index < -0.39 is 6.61 Å². The molecule has 2 aromatic carbocycles. The van der Waals surface area contributed by atoms with Crippen LogP contribution in [0, 0.1) is 5.82 Å². The molecule has 2 heterocycles. The van der Waals surface area contributed by atoms with Crippen molar-refractivity contribution in [3.63, 3.8) is 0 Å². The summed E-state index contributed by atoms with van der Waals surface area (Å²) in [6.07, 6.45) is 0. The maximum Gasteiger partial charge on any atom is 0.387 e. The fraction of sp³-hybridized carbons (Fsp3) is 0.300. The lowest BCUT2D eigenvalue weighted by Crippen LogP contribution is -2.37. The van der Waals surface area contributed by atoms with Crippen molar-refractivity contribution in [3.05, 3.63) is 59.9 Å². The summed E-state index contributed by atoms with van der Waals surface area (Å²) in [5, 5.41) is 9.13. The van der Waals surface area contributed by atoms with E-state index >= 15 is 0 Å². The third kappa shape index (κ3) is 4.71. The van der Waals surface area contributed by atoms with Crippen LogP contribution in [0.25, 0.3) is 5.69 Å². The van der Waals surface area contributed by atoms with Crippen LogP contribution in [0.5, 0.6) is 5.75 Å². The first-order chi connectivity index (χ1) is 14.6. The van der Waals surface area contributed by atoms with Gasteiger partial charge >= 0.3 is 6.61 Å². The Morgan fingerprint density at radius 3 is 2.63 bits per heavy atom. The number of benzene rings is 2. The van der Waals surface area contributed by atoms with Crippen molar-refractivity contribution in [3.8, 4) is 11.4 Å². The van der Waals surface area contributed by atoms with Crippen molar-refractivity contribution in [1.82, 2.24) is 14.8 Å². The van der Waals surface area contributed by atoms with Crippen molar-refractivity contribution in [2.24, 2.45) is 0 Å². The Bertz CT molecular complexity index is 996. The van der Waals surface area contributed by atoms with Crippen LogP contribution in [0.2, 0.25) is 0 Å². The van der Waals surface area contributed by atoms with Gasteiger partial charge < -0.3 is 14.4 Å². The van der Waals surface area contributed by atoms with Crippen LogP contribution in [0.3, 0.4) is 0 Å². The van der Waals surface area contributed by atoms with Gasteiger partial charge in [-0.1, -0.05) is 36.0 Å². The third-order valence-corrected chi connectivity index (χ3v) is 5.50. The highest BCUT2D eigenvalue weighted by Gasteiger charge is 2.22. The second-order valence-electron chi connectivity index (χ2n) is 6.47. The number of rotatable bonds is 7. The lowest BCUT2D eigenvalue weighted by molar-refractivity contribution is -0.0503. The maximum atomic E-state index is 13.9. The summed E-state index contributed by atoms with van der Waals surface area (Å²) in [5.41, 5.74) is 1.19. The summed E-state index contributed by atoms with van der Waals surface area (Å²) in [6.45, 7) is -0.486. The summed E-state index contributed by atoms with van der Waals surface area (Å²) in [4.78, 5) is 2.03. The number of hydrogen-bond donors (Lipinski definition) is 0. The largest absolute Gasteiger partial charge is 0.435 e. The van der Waals surface area contributed by atoms with E-state index in [0.717, 1.165) is 0 Å². The number of hydrogen-bond acceptors (Lipinski definition) is 6. The average Bonchev–Trinajstić information content (AvgIpc) is 3.17. The van der Waals surface area contributed by atoms with E-state index in [-0.39, 0.29) is 11.6 Å². The predicted octanol–water partition coefficient (Wildman–Crippen LogP) is 4.14. The van der Waals surface area contributed by atoms with Crippen molar-refractivity contribution < 1.29 is 22.6 Å². The molecule has 0 amide bonds. The summed E-state index contributed by atoms with van der Waals surface area (Å²) >= 11 is 1.31. The van der Waals surface area contributed by atoms with E-state index in [0.29, 0.717) is 54.4 Å². The van der Waals surface area contributed by atoms with Crippen molar-refractivity contribution in [2.75, 3.05) is 31.2 Å². The quantitative estimate of drug-likeness (QED) is 0.519. The van der Waals surface area contributed by atoms with E-state index in [1.807, 2.05) is 4.90 Å². The fourth-order valence-electron chi connectivity index (χ4n) is 3.14. The fourth-order valence-corrected chi connectivity index (χ4v) is 4.08. The van der Waals surface area contributed by atoms with E-state index in [1.165, 1.54) is 30.0 Å². The molecular weight excluding hydrogens is 417 g/mol. The molecule has 0 unspecified atom stereocenters. The number of thioether (sulfide) groups is 1. The van der Waals surface area contributed by atoms with Gasteiger partial charge in [0, 0.05) is 24.4 Å². The molecular formula is C20H19F3N4O2S. The maximum absolute atomic E-state index is 13.9. The molecule has 0 bridgehead atoms. The molecule has 1 aromatic heterocycles. The molecule has 0 N–H and O–H groups in total. The minimum absolute atomic E-state index is 0.116. The van der Waals surface area contributed by atoms with Crippen LogP contribution in [0.4, 0.5) is 19.1 Å². The number of alkyl halides is 2. The summed E-state index contributed by atoms with van der Waals surface area (Å²) in [7, 11) is 0. The summed E-state index contributed by atoms with van der Waals surface area (Å²) in [6, 6.07) is 12.8. The highest BCUT2D eigenvalue weighted by atomic mass is 32.2. The minimum Gasteiger partial charge on any atom is -0.435 e. The second kappa shape index (κ2) is 9.40. The van der Waals surface area contributed by atoms with Crippen LogP contribution in [0.1, 0.15) is 5.56 Å². The molecule has 0 atom stereocenters. The molecule has 3 aromatic rings. The molecule has 10 heteroatoms. The Balaban J connectivity index is 1.64. The second-order valence-corrected chi connectivity index (χ2v) is 7.41. The Kier molecular flexibility index (Phi) is 6.44. The standard InChI is InChI=1S/C20H19F3N4O2S/c21-15-5-3-6-16(12-15)27-19(26-8-10-28-11-9-26)24-25-20(27)30-13-14-4-1-2-7-17(14)29-18(22)23/h1-7,12,18H,8-11,13H2. The molecule has 1 aliphatic heterocycles. The first kappa shape index (κ1) is 20.5. The van der Waals surface area contributed by atoms with E-state index in [2.05, 4.69) is 14.9 Å². The van der Waals surface area contributed by atoms with Crippen LogP contribution < -0.4 is 9.64 Å². The molecule has 30 heavy (non-hydrogen) atoms. The van der Waals surface area contributed by atoms with Crippen molar-refractivity contribution in [2.45, 2.75) is 17.5 Å². The number of ether oxygens (including phenoxy) is 2. The topological polar surface area (TPSA) is 52.4 Å². The van der Waals surface area contributed by atoms with Gasteiger partial charge in [-0.3, -0.25) is 4.57 Å². The van der Waals surface area contributed by atoms with E-state index in [9.17, 15) is 13.2 Å². The van der Waals surface area contributed by atoms with Gasteiger partial charge in [0.05, 0.1) is 18.9 Å². The van der Waals surface area contributed by atoms with Gasteiger partial charge in [0.15, 0.2) is 5.16 Å². The number of halogens is 3. The molecule has 158 valence electrons. The van der Waals surface area contributed by atoms with Crippen LogP contribution >= 0.6 is 11.8 Å². The Hall–Kier alpha value is -2.72. The number of nitrogens with zero attached hydrogens (tertiary/aromatic N) is 4. The van der Waals surface area contributed by atoms with Crippen LogP contribution in [-0.4, -0.2) is 47.7 Å². The zero-order chi connectivity index (χ0) is 20.9. The molecule has 1 saturated heterocycles. The van der Waals surface area contributed by atoms with Gasteiger partial charge in [-0.25, -0.2) is 4.39 Å². The normalized spacial score (nSPS) is 14.3. The first-order valence-electron chi connectivity index (χ1n) is 9.31. The predicted molar refractivity (Wildman–Crippen MR) is 107 cm³/mol. The van der Waals surface area contributed by atoms with Gasteiger partial charge in [0.1, 0.15) is 11.6 Å². The zero-order valence-corrected chi connectivity index (χ0v) is 16.7. The summed E-state index contributed by atoms with van der Waals surface area (Å²) in [5.74, 6) is 0.661. The lowest BCUT2D eigenvalue weighted by Gasteiger charge is -2.27. The van der Waals surface area contributed by atoms with Gasteiger partial charge in [-0.05, 0) is 24.3 Å². The third-order valence-electron chi connectivity index (χ3n) is 4.52. The molecule has 0 radical (unpaired) electrons. The smallest absolute Gasteiger partial charge is 0.387 e. The average molecular weight is 436 g/mol. The van der Waals surface area contributed by atoms with Gasteiger partial charge in [-0.2, -0.15) is 8.78 Å². The van der Waals surface area contributed by atoms with Crippen molar-refractivity contribution in [1.29, 1.82) is 0 Å². The van der Waals surface area contributed by atoms with Gasteiger partial charge in [0.25, 0.3) is 0 Å². The lowest BCUT2D eigenvalue weighted by atomic mass is 10.2. The number of para-hydroxylation sites is 1. The number of aromatic nitrogens is 3. The van der Waals surface area contributed by atoms with E-state index in [1.54, 1.807) is 34.9 Å². The van der Waals surface area contributed by atoms with Crippen LogP contribution in [-0.2, 0) is 10.5 Å². The SMILES string of the molecule is Fc1cccc(-n2c(SCc3ccccc3OC(F)F)nnc2N2CCOCC2)c1. The number of morpholine rings is 1. The Morgan fingerprint density at radius 1 is 1.07 bits per heavy atom. The molecule has 1 aliphatic rings. The van der Waals surface area contributed by atoms with Crippen molar-refractivity contribution >= 4 is 17.7 Å². The summed E-state index contributed by atoms with van der Waals surface area (Å²) < 4.78 is 51.1. The molecule has 1 fully saturated rings. The first-order valence-corrected chi connectivity index (χ1v) is 10.3. The molecule has 6 nitrogen and oxygen atoms in total. The Labute approximate surface area is 175 Å². The molecule has 0 aliphatic carbocycles. The monoisotopic (exact) mass is 436 g/mol. The number of anilines is 1. The van der Waals surface area contributed by atoms with Crippen LogP contribution in [0.15, 0.2) is 53.7 Å². The van der Waals surface area contributed by atoms with E-state index in [4.69, 9.17) is 4.74 Å². The molecule has 0 saturated carbocycles. The molecule has 4 rings (SSSR count).